The summed E-state index contributed by atoms with van der Waals surface area (Å²) < 4.78 is 0. The smallest absolute Gasteiger partial charge is 0.269 e. The molecule has 0 nitrogen and oxygen atoms in total. The third kappa shape index (κ3) is 11.2. The van der Waals surface area contributed by atoms with Crippen LogP contribution in [0.4, 0.5) is 9.41 Å². The van der Waals surface area contributed by atoms with E-state index in [2.05, 4.69) is 0 Å². The Bertz CT molecular complexity index is 6.00. The van der Waals surface area contributed by atoms with E-state index in [1.807, 2.05) is 0 Å². The fourth-order valence-corrected chi connectivity index (χ4v) is 0. The van der Waals surface area contributed by atoms with Gasteiger partial charge in [-0.3, -0.25) is 9.41 Å². The molecule has 0 aliphatic rings. The molecule has 0 amide bonds. The van der Waals surface area contributed by atoms with Crippen LogP contribution in [0, 0.1) is 0 Å². The first-order chi connectivity index (χ1) is 0. The molecule has 0 spiro atoms. The fourth-order valence-electron chi connectivity index (χ4n) is 0. The molecule has 0 heterocycles. The first-order valence-corrected chi connectivity index (χ1v) is 0. The second-order valence-electron chi connectivity index (χ2n) is 0. The van der Waals surface area contributed by atoms with Crippen LogP contribution in [-0.4, -0.2) is 23.1 Å². The van der Waals surface area contributed by atoms with Crippen molar-refractivity contribution >= 4 is 23.1 Å². The first-order valence-electron chi connectivity index (χ1n) is 0. The van der Waals surface area contributed by atoms with Crippen molar-refractivity contribution in [2.24, 2.45) is 0 Å². The van der Waals surface area contributed by atoms with E-state index in [1.54, 1.807) is 0 Å². The van der Waals surface area contributed by atoms with Gasteiger partial charge in [-0.05, 0) is 0 Å². The summed E-state index contributed by atoms with van der Waals surface area (Å²) in [5, 5.41) is 0. The predicted octanol–water partition coefficient (Wildman–Crippen LogP) is -0.614. The number of halogens is 2. The Kier molecular flexibility index (Phi) is 554. The summed E-state index contributed by atoms with van der Waals surface area (Å²) in [5.41, 5.74) is 0. The van der Waals surface area contributed by atoms with E-state index in [1.165, 1.54) is 0 Å². The molecule has 0 unspecified atom stereocenters. The SMILES string of the molecule is F.F.[MgH2].[Ni]. The van der Waals surface area contributed by atoms with E-state index in [4.69, 9.17) is 0 Å². The van der Waals surface area contributed by atoms with Crippen LogP contribution in [0.2, 0.25) is 0 Å². The molecule has 0 aromatic rings. The Balaban J connectivity index is 0. The zero-order chi connectivity index (χ0) is 0. The fraction of sp³-hybridized carbons (Fsp3) is 0. The Hall–Kier alpha value is 1.12. The van der Waals surface area contributed by atoms with E-state index in [-0.39, 0.29) is 49.0 Å². The molecule has 0 aliphatic carbocycles. The van der Waals surface area contributed by atoms with Crippen LogP contribution in [0.3, 0.4) is 0 Å². The number of hydrogen-bond acceptors (Lipinski definition) is 0. The average molecular weight is 125 g/mol. The van der Waals surface area contributed by atoms with Gasteiger partial charge >= 0.3 is 23.1 Å². The topological polar surface area (TPSA) is 0 Å². The van der Waals surface area contributed by atoms with Gasteiger partial charge in [0.25, 0.3) is 0 Å². The molecule has 0 saturated heterocycles. The summed E-state index contributed by atoms with van der Waals surface area (Å²) in [6.07, 6.45) is 0. The third-order valence-corrected chi connectivity index (χ3v) is 0. The van der Waals surface area contributed by atoms with Crippen molar-refractivity contribution < 1.29 is 25.9 Å². The summed E-state index contributed by atoms with van der Waals surface area (Å²) in [5.74, 6) is 0. The van der Waals surface area contributed by atoms with Crippen molar-refractivity contribution in [3.8, 4) is 0 Å². The van der Waals surface area contributed by atoms with Crippen LogP contribution in [0.25, 0.3) is 0 Å². The summed E-state index contributed by atoms with van der Waals surface area (Å²) in [6.45, 7) is 0. The van der Waals surface area contributed by atoms with Crippen LogP contribution in [0.5, 0.6) is 0 Å². The van der Waals surface area contributed by atoms with Crippen LogP contribution in [-0.2, 0) is 16.5 Å². The third-order valence-electron chi connectivity index (χ3n) is 0. The Morgan fingerprint density at radius 3 is 0.750 bits per heavy atom. The minimum absolute atomic E-state index is 0. The Labute approximate surface area is 49.1 Å². The molecular weight excluding hydrogens is 121 g/mol. The molecule has 0 N–H and O–H groups in total. The summed E-state index contributed by atoms with van der Waals surface area (Å²) in [6, 6.07) is 0. The zero-order valence-corrected chi connectivity index (χ0v) is 2.12. The van der Waals surface area contributed by atoms with Crippen LogP contribution in [0.1, 0.15) is 0 Å². The Morgan fingerprint density at radius 2 is 0.750 bits per heavy atom. The maximum Gasteiger partial charge on any atom is 0.316 e. The van der Waals surface area contributed by atoms with Crippen molar-refractivity contribution in [1.29, 1.82) is 0 Å². The van der Waals surface area contributed by atoms with E-state index < -0.39 is 0 Å². The van der Waals surface area contributed by atoms with Crippen molar-refractivity contribution in [2.45, 2.75) is 0 Å². The molecule has 0 fully saturated rings. The van der Waals surface area contributed by atoms with Crippen LogP contribution >= 0.6 is 0 Å². The molecule has 4 heteroatoms. The van der Waals surface area contributed by atoms with Crippen molar-refractivity contribution in [1.82, 2.24) is 0 Å². The van der Waals surface area contributed by atoms with Gasteiger partial charge in [-0.15, -0.1) is 0 Å². The quantitative estimate of drug-likeness (QED) is 0.379. The van der Waals surface area contributed by atoms with Crippen LogP contribution in [0.15, 0.2) is 0 Å². The van der Waals surface area contributed by atoms with Crippen molar-refractivity contribution in [3.05, 3.63) is 0 Å². The van der Waals surface area contributed by atoms with Gasteiger partial charge in [0.2, 0.25) is 0 Å². The average Bonchev–Trinajstić information content (AvgIpc) is 0. The van der Waals surface area contributed by atoms with Crippen LogP contribution < -0.4 is 0 Å². The molecule has 4 heavy (non-hydrogen) atoms. The van der Waals surface area contributed by atoms with Gasteiger partial charge in [-0.25, -0.2) is 0 Å². The van der Waals surface area contributed by atoms with E-state index in [0.717, 1.165) is 0 Å². The maximum atomic E-state index is 0. The minimum atomic E-state index is 0. The normalized spacial score (nSPS) is 0. The van der Waals surface area contributed by atoms with Crippen molar-refractivity contribution in [3.63, 3.8) is 0 Å². The summed E-state index contributed by atoms with van der Waals surface area (Å²) >= 11 is 0. The van der Waals surface area contributed by atoms with Crippen molar-refractivity contribution in [2.75, 3.05) is 0 Å². The second-order valence-corrected chi connectivity index (χ2v) is 0. The Morgan fingerprint density at radius 1 is 0.750 bits per heavy atom. The standard InChI is InChI=1S/2FH.Mg.Ni.2H/h2*1H;;;;. The van der Waals surface area contributed by atoms with Gasteiger partial charge in [-0.1, -0.05) is 0 Å². The van der Waals surface area contributed by atoms with Gasteiger partial charge in [-0.2, -0.15) is 0 Å². The largest absolute Gasteiger partial charge is 0.316 e. The van der Waals surface area contributed by atoms with Gasteiger partial charge in [0.05, 0.1) is 0 Å². The molecule has 30 valence electrons. The molecule has 0 bridgehead atoms. The molecular formula is H4F2MgNi. The van der Waals surface area contributed by atoms with E-state index in [0.29, 0.717) is 0 Å². The number of hydrogen-bond donors (Lipinski definition) is 0. The monoisotopic (exact) mass is 124 g/mol. The van der Waals surface area contributed by atoms with Gasteiger partial charge in [0, 0.05) is 16.5 Å². The van der Waals surface area contributed by atoms with Gasteiger partial charge in [0.1, 0.15) is 0 Å². The summed E-state index contributed by atoms with van der Waals surface area (Å²) in [7, 11) is 0. The first kappa shape index (κ1) is 69.3. The molecule has 0 saturated carbocycles. The molecule has 0 rings (SSSR count). The molecule has 0 aromatic carbocycles. The summed E-state index contributed by atoms with van der Waals surface area (Å²) in [4.78, 5) is 0. The zero-order valence-electron chi connectivity index (χ0n) is 1.13. The van der Waals surface area contributed by atoms with E-state index in [9.17, 15) is 0 Å². The molecule has 0 aliphatic heterocycles. The number of rotatable bonds is 0. The molecule has 0 atom stereocenters. The molecule has 0 aromatic heterocycles. The molecule has 0 radical (unpaired) electrons. The van der Waals surface area contributed by atoms with Gasteiger partial charge in [0.15, 0.2) is 0 Å². The van der Waals surface area contributed by atoms with Gasteiger partial charge < -0.3 is 0 Å². The maximum absolute atomic E-state index is 0. The van der Waals surface area contributed by atoms with E-state index >= 15 is 0 Å². The minimum Gasteiger partial charge on any atom is -0.269 e. The predicted molar refractivity (Wildman–Crippen MR) is 13.5 cm³/mol. The second kappa shape index (κ2) is 32.0.